The van der Waals surface area contributed by atoms with E-state index in [-0.39, 0.29) is 5.91 Å². The highest BCUT2D eigenvalue weighted by atomic mass is 16.2. The number of nitrogens with zero attached hydrogens (tertiary/aromatic N) is 4. The zero-order valence-corrected chi connectivity index (χ0v) is 11.7. The number of hydrogen-bond donors (Lipinski definition) is 1. The van der Waals surface area contributed by atoms with Crippen LogP contribution in [0.2, 0.25) is 0 Å². The molecule has 1 aromatic heterocycles. The van der Waals surface area contributed by atoms with Gasteiger partial charge in [-0.15, -0.1) is 0 Å². The monoisotopic (exact) mass is 273 g/mol. The molecule has 2 heterocycles. The van der Waals surface area contributed by atoms with Crippen molar-refractivity contribution in [2.75, 3.05) is 44.7 Å². The molecule has 6 nitrogen and oxygen atoms in total. The van der Waals surface area contributed by atoms with Crippen molar-refractivity contribution in [1.82, 2.24) is 15.2 Å². The molecule has 1 aliphatic heterocycles. The van der Waals surface area contributed by atoms with Crippen LogP contribution in [0.1, 0.15) is 12.0 Å². The van der Waals surface area contributed by atoms with Gasteiger partial charge in [0.15, 0.2) is 0 Å². The lowest BCUT2D eigenvalue weighted by molar-refractivity contribution is -0.131. The topological polar surface area (TPSA) is 72.3 Å². The van der Waals surface area contributed by atoms with Crippen molar-refractivity contribution < 1.29 is 4.79 Å². The van der Waals surface area contributed by atoms with Gasteiger partial charge in [0, 0.05) is 45.3 Å². The largest absolute Gasteiger partial charge is 0.353 e. The van der Waals surface area contributed by atoms with E-state index in [2.05, 4.69) is 21.3 Å². The van der Waals surface area contributed by atoms with E-state index in [1.807, 2.05) is 11.9 Å². The molecule has 20 heavy (non-hydrogen) atoms. The molecular formula is C14H19N5O. The molecule has 1 fully saturated rings. The van der Waals surface area contributed by atoms with Crippen molar-refractivity contribution in [3.63, 3.8) is 0 Å². The molecule has 0 atom stereocenters. The normalized spacial score (nSPS) is 15.0. The fourth-order valence-electron chi connectivity index (χ4n) is 2.24. The van der Waals surface area contributed by atoms with Gasteiger partial charge in [-0.05, 0) is 19.2 Å². The van der Waals surface area contributed by atoms with Crippen LogP contribution >= 0.6 is 0 Å². The molecule has 0 aromatic carbocycles. The summed E-state index contributed by atoms with van der Waals surface area (Å²) in [7, 11) is 1.85. The molecule has 0 unspecified atom stereocenters. The summed E-state index contributed by atoms with van der Waals surface area (Å²) in [6.45, 7) is 3.65. The van der Waals surface area contributed by atoms with E-state index in [9.17, 15) is 4.79 Å². The summed E-state index contributed by atoms with van der Waals surface area (Å²) in [5.41, 5.74) is 0.613. The molecule has 106 valence electrons. The van der Waals surface area contributed by atoms with E-state index in [0.717, 1.165) is 18.9 Å². The Bertz CT molecular complexity index is 503. The lowest BCUT2D eigenvalue weighted by Crippen LogP contribution is -2.49. The van der Waals surface area contributed by atoms with Crippen molar-refractivity contribution in [1.29, 1.82) is 5.26 Å². The van der Waals surface area contributed by atoms with Gasteiger partial charge in [-0.25, -0.2) is 4.98 Å². The number of hydrogen-bond acceptors (Lipinski definition) is 5. The Labute approximate surface area is 119 Å². The second-order valence-corrected chi connectivity index (χ2v) is 4.74. The number of nitrogens with one attached hydrogen (secondary N) is 1. The van der Waals surface area contributed by atoms with Gasteiger partial charge < -0.3 is 15.1 Å². The number of carbonyl (C=O) groups is 1. The lowest BCUT2D eigenvalue weighted by atomic mass is 10.2. The first-order valence-corrected chi connectivity index (χ1v) is 6.78. The van der Waals surface area contributed by atoms with Crippen molar-refractivity contribution in [3.8, 4) is 6.07 Å². The van der Waals surface area contributed by atoms with Crippen LogP contribution in [-0.2, 0) is 4.79 Å². The van der Waals surface area contributed by atoms with Gasteiger partial charge in [0.1, 0.15) is 5.82 Å². The highest BCUT2D eigenvalue weighted by molar-refractivity contribution is 5.76. The molecule has 1 aromatic rings. The van der Waals surface area contributed by atoms with E-state index >= 15 is 0 Å². The summed E-state index contributed by atoms with van der Waals surface area (Å²) in [5, 5.41) is 11.9. The number of nitriles is 1. The first kappa shape index (κ1) is 14.3. The maximum atomic E-state index is 11.9. The standard InChI is InChI=1S/C14H19N5O/c1-16-4-3-14(20)19-8-6-18(7-9-19)13-10-12(11-15)2-5-17-13/h2,5,10,16H,3-4,6-9H2,1H3. The fraction of sp³-hybridized carbons (Fsp3) is 0.500. The third-order valence-corrected chi connectivity index (χ3v) is 3.42. The minimum absolute atomic E-state index is 0.192. The quantitative estimate of drug-likeness (QED) is 0.849. The summed E-state index contributed by atoms with van der Waals surface area (Å²) in [6, 6.07) is 5.60. The van der Waals surface area contributed by atoms with E-state index in [0.29, 0.717) is 31.6 Å². The first-order valence-electron chi connectivity index (χ1n) is 6.78. The van der Waals surface area contributed by atoms with Crippen LogP contribution in [-0.4, -0.2) is 55.6 Å². The van der Waals surface area contributed by atoms with Crippen molar-refractivity contribution in [3.05, 3.63) is 23.9 Å². The van der Waals surface area contributed by atoms with Gasteiger partial charge in [-0.1, -0.05) is 0 Å². The Morgan fingerprint density at radius 1 is 1.45 bits per heavy atom. The van der Waals surface area contributed by atoms with Crippen molar-refractivity contribution in [2.24, 2.45) is 0 Å². The Balaban J connectivity index is 1.91. The molecule has 0 bridgehead atoms. The molecule has 1 aliphatic rings. The third-order valence-electron chi connectivity index (χ3n) is 3.42. The molecule has 0 radical (unpaired) electrons. The van der Waals surface area contributed by atoms with E-state index < -0.39 is 0 Å². The highest BCUT2D eigenvalue weighted by Gasteiger charge is 2.21. The number of amides is 1. The molecule has 0 aliphatic carbocycles. The van der Waals surface area contributed by atoms with E-state index in [4.69, 9.17) is 5.26 Å². The van der Waals surface area contributed by atoms with Gasteiger partial charge >= 0.3 is 0 Å². The second kappa shape index (κ2) is 6.87. The maximum Gasteiger partial charge on any atom is 0.223 e. The highest BCUT2D eigenvalue weighted by Crippen LogP contribution is 2.15. The second-order valence-electron chi connectivity index (χ2n) is 4.74. The fourth-order valence-corrected chi connectivity index (χ4v) is 2.24. The predicted molar refractivity (Wildman–Crippen MR) is 76.3 cm³/mol. The zero-order chi connectivity index (χ0) is 14.4. The van der Waals surface area contributed by atoms with Crippen LogP contribution in [0.5, 0.6) is 0 Å². The van der Waals surface area contributed by atoms with Crippen LogP contribution in [0, 0.1) is 11.3 Å². The predicted octanol–water partition coefficient (Wildman–Crippen LogP) is 0.211. The Morgan fingerprint density at radius 2 is 2.20 bits per heavy atom. The van der Waals surface area contributed by atoms with E-state index in [1.54, 1.807) is 18.3 Å². The molecule has 0 spiro atoms. The SMILES string of the molecule is CNCCC(=O)N1CCN(c2cc(C#N)ccn2)CC1. The molecule has 1 N–H and O–H groups in total. The summed E-state index contributed by atoms with van der Waals surface area (Å²) in [6.07, 6.45) is 2.19. The Kier molecular flexibility index (Phi) is 4.91. The Morgan fingerprint density at radius 3 is 2.85 bits per heavy atom. The summed E-state index contributed by atoms with van der Waals surface area (Å²) >= 11 is 0. The zero-order valence-electron chi connectivity index (χ0n) is 11.7. The number of aromatic nitrogens is 1. The summed E-state index contributed by atoms with van der Waals surface area (Å²) in [4.78, 5) is 20.2. The molecule has 2 rings (SSSR count). The number of piperazine rings is 1. The summed E-state index contributed by atoms with van der Waals surface area (Å²) in [5.74, 6) is 1.00. The molecule has 1 saturated heterocycles. The minimum atomic E-state index is 0.192. The van der Waals surface area contributed by atoms with Gasteiger partial charge in [0.05, 0.1) is 11.6 Å². The number of pyridine rings is 1. The third kappa shape index (κ3) is 3.45. The van der Waals surface area contributed by atoms with Gasteiger partial charge in [-0.3, -0.25) is 4.79 Å². The first-order chi connectivity index (χ1) is 9.74. The van der Waals surface area contributed by atoms with Gasteiger partial charge in [-0.2, -0.15) is 5.26 Å². The maximum absolute atomic E-state index is 11.9. The van der Waals surface area contributed by atoms with Crippen LogP contribution in [0.4, 0.5) is 5.82 Å². The smallest absolute Gasteiger partial charge is 0.223 e. The molecular weight excluding hydrogens is 254 g/mol. The molecule has 6 heteroatoms. The molecule has 1 amide bonds. The summed E-state index contributed by atoms with van der Waals surface area (Å²) < 4.78 is 0. The molecule has 0 saturated carbocycles. The van der Waals surface area contributed by atoms with Crippen LogP contribution in [0.15, 0.2) is 18.3 Å². The number of carbonyl (C=O) groups excluding carboxylic acids is 1. The average molecular weight is 273 g/mol. The minimum Gasteiger partial charge on any atom is -0.353 e. The van der Waals surface area contributed by atoms with Crippen molar-refractivity contribution >= 4 is 11.7 Å². The number of anilines is 1. The van der Waals surface area contributed by atoms with Crippen LogP contribution in [0.3, 0.4) is 0 Å². The van der Waals surface area contributed by atoms with Crippen LogP contribution in [0.25, 0.3) is 0 Å². The van der Waals surface area contributed by atoms with E-state index in [1.165, 1.54) is 0 Å². The Hall–Kier alpha value is -2.13. The lowest BCUT2D eigenvalue weighted by Gasteiger charge is -2.35. The van der Waals surface area contributed by atoms with Crippen LogP contribution < -0.4 is 10.2 Å². The average Bonchev–Trinajstić information content (AvgIpc) is 2.52. The van der Waals surface area contributed by atoms with Gasteiger partial charge in [0.25, 0.3) is 0 Å². The number of rotatable bonds is 4. The van der Waals surface area contributed by atoms with Gasteiger partial charge in [0.2, 0.25) is 5.91 Å². The van der Waals surface area contributed by atoms with Crippen molar-refractivity contribution in [2.45, 2.75) is 6.42 Å².